The molecule has 2 N–H and O–H groups in total. The third-order valence-corrected chi connectivity index (χ3v) is 3.72. The van der Waals surface area contributed by atoms with E-state index in [0.717, 1.165) is 31.5 Å². The van der Waals surface area contributed by atoms with E-state index in [1.165, 1.54) is 45.3 Å². The van der Waals surface area contributed by atoms with Crippen molar-refractivity contribution in [2.75, 3.05) is 39.3 Å². The van der Waals surface area contributed by atoms with Crippen molar-refractivity contribution >= 4 is 5.96 Å². The zero-order valence-corrected chi connectivity index (χ0v) is 13.0. The quantitative estimate of drug-likeness (QED) is 0.422. The molecule has 1 heterocycles. The first-order chi connectivity index (χ1) is 9.30. The number of hydrogen-bond acceptors (Lipinski definition) is 2. The number of nitrogens with zero attached hydrogens (tertiary/aromatic N) is 2. The van der Waals surface area contributed by atoms with Crippen LogP contribution >= 0.6 is 0 Å². The normalized spacial score (nSPS) is 21.4. The van der Waals surface area contributed by atoms with E-state index in [9.17, 15) is 0 Å². The molecule has 0 aromatic carbocycles. The molecule has 19 heavy (non-hydrogen) atoms. The Morgan fingerprint density at radius 1 is 1.26 bits per heavy atom. The highest BCUT2D eigenvalue weighted by Gasteiger charge is 2.18. The number of piperidine rings is 1. The van der Waals surface area contributed by atoms with Gasteiger partial charge in [0.15, 0.2) is 5.96 Å². The van der Waals surface area contributed by atoms with Crippen molar-refractivity contribution in [2.24, 2.45) is 10.9 Å². The molecule has 0 spiro atoms. The van der Waals surface area contributed by atoms with Gasteiger partial charge in [-0.1, -0.05) is 20.3 Å². The lowest BCUT2D eigenvalue weighted by Gasteiger charge is -2.31. The molecule has 112 valence electrons. The van der Waals surface area contributed by atoms with Crippen LogP contribution in [-0.4, -0.2) is 50.1 Å². The van der Waals surface area contributed by atoms with E-state index >= 15 is 0 Å². The summed E-state index contributed by atoms with van der Waals surface area (Å²) in [5.41, 5.74) is 0. The second kappa shape index (κ2) is 10.1. The molecule has 1 rings (SSSR count). The van der Waals surface area contributed by atoms with Crippen molar-refractivity contribution in [3.05, 3.63) is 0 Å². The van der Waals surface area contributed by atoms with E-state index < -0.39 is 0 Å². The summed E-state index contributed by atoms with van der Waals surface area (Å²) in [6.45, 7) is 13.2. The zero-order valence-electron chi connectivity index (χ0n) is 13.0. The summed E-state index contributed by atoms with van der Waals surface area (Å²) in [6, 6.07) is 0. The molecule has 1 aliphatic heterocycles. The fourth-order valence-electron chi connectivity index (χ4n) is 2.53. The zero-order chi connectivity index (χ0) is 13.9. The molecule has 4 nitrogen and oxygen atoms in total. The van der Waals surface area contributed by atoms with Gasteiger partial charge in [-0.2, -0.15) is 0 Å². The van der Waals surface area contributed by atoms with E-state index in [1.54, 1.807) is 0 Å². The third kappa shape index (κ3) is 6.81. The Balaban J connectivity index is 2.35. The number of likely N-dealkylation sites (tertiary alicyclic amines) is 1. The molecule has 4 heteroatoms. The summed E-state index contributed by atoms with van der Waals surface area (Å²) < 4.78 is 0. The highest BCUT2D eigenvalue weighted by molar-refractivity contribution is 5.79. The van der Waals surface area contributed by atoms with E-state index in [0.29, 0.717) is 0 Å². The van der Waals surface area contributed by atoms with Crippen LogP contribution in [0.25, 0.3) is 0 Å². The molecule has 1 atom stereocenters. The molecule has 0 bridgehead atoms. The smallest absolute Gasteiger partial charge is 0.191 e. The average molecular weight is 268 g/mol. The number of rotatable bonds is 7. The Labute approximate surface area is 119 Å². The van der Waals surface area contributed by atoms with Crippen LogP contribution < -0.4 is 10.6 Å². The van der Waals surface area contributed by atoms with Crippen LogP contribution in [0.3, 0.4) is 0 Å². The number of aliphatic imine (C=N–C) groups is 1. The third-order valence-electron chi connectivity index (χ3n) is 3.72. The fourth-order valence-corrected chi connectivity index (χ4v) is 2.53. The van der Waals surface area contributed by atoms with Crippen molar-refractivity contribution < 1.29 is 0 Å². The maximum absolute atomic E-state index is 4.75. The molecule has 0 aliphatic carbocycles. The summed E-state index contributed by atoms with van der Waals surface area (Å²) in [7, 11) is 0. The molecule has 0 aromatic heterocycles. The maximum Gasteiger partial charge on any atom is 0.191 e. The van der Waals surface area contributed by atoms with Gasteiger partial charge >= 0.3 is 0 Å². The second-order valence-electron chi connectivity index (χ2n) is 5.40. The van der Waals surface area contributed by atoms with Crippen LogP contribution in [0, 0.1) is 5.92 Å². The summed E-state index contributed by atoms with van der Waals surface area (Å²) >= 11 is 0. The van der Waals surface area contributed by atoms with Crippen molar-refractivity contribution in [3.8, 4) is 0 Å². The predicted octanol–water partition coefficient (Wildman–Crippen LogP) is 2.07. The van der Waals surface area contributed by atoms with Crippen molar-refractivity contribution in [1.29, 1.82) is 0 Å². The predicted molar refractivity (Wildman–Crippen MR) is 83.7 cm³/mol. The summed E-state index contributed by atoms with van der Waals surface area (Å²) in [6.07, 6.45) is 5.08. The Kier molecular flexibility index (Phi) is 8.63. The second-order valence-corrected chi connectivity index (χ2v) is 5.40. The van der Waals surface area contributed by atoms with E-state index in [1.807, 2.05) is 0 Å². The Bertz CT molecular complexity index is 253. The van der Waals surface area contributed by atoms with Crippen molar-refractivity contribution in [3.63, 3.8) is 0 Å². The summed E-state index contributed by atoms with van der Waals surface area (Å²) in [4.78, 5) is 7.29. The largest absolute Gasteiger partial charge is 0.357 e. The standard InChI is InChI=1S/C15H32N4/c1-4-7-10-17-15(16-5-2)18-12-14-9-8-11-19(6-3)13-14/h14H,4-13H2,1-3H3,(H2,16,17,18). The highest BCUT2D eigenvalue weighted by atomic mass is 15.2. The van der Waals surface area contributed by atoms with Crippen LogP contribution in [-0.2, 0) is 0 Å². The molecule has 1 fully saturated rings. The van der Waals surface area contributed by atoms with Gasteiger partial charge in [0, 0.05) is 26.2 Å². The number of guanidine groups is 1. The molecule has 1 aliphatic rings. The Hall–Kier alpha value is -0.770. The Morgan fingerprint density at radius 2 is 2.11 bits per heavy atom. The minimum absolute atomic E-state index is 0.732. The van der Waals surface area contributed by atoms with Gasteiger partial charge in [-0.15, -0.1) is 0 Å². The van der Waals surface area contributed by atoms with Crippen LogP contribution in [0.1, 0.15) is 46.5 Å². The molecule has 0 radical (unpaired) electrons. The van der Waals surface area contributed by atoms with E-state index in [-0.39, 0.29) is 0 Å². The first kappa shape index (κ1) is 16.3. The van der Waals surface area contributed by atoms with Crippen molar-refractivity contribution in [2.45, 2.75) is 46.5 Å². The van der Waals surface area contributed by atoms with Gasteiger partial charge in [0.2, 0.25) is 0 Å². The SMILES string of the molecule is CCCCNC(=NCC1CCCN(CC)C1)NCC. The first-order valence-corrected chi connectivity index (χ1v) is 8.04. The van der Waals surface area contributed by atoms with Crippen LogP contribution in [0.5, 0.6) is 0 Å². The first-order valence-electron chi connectivity index (χ1n) is 8.04. The minimum atomic E-state index is 0.732. The van der Waals surface area contributed by atoms with Gasteiger partial charge in [0.25, 0.3) is 0 Å². The van der Waals surface area contributed by atoms with E-state index in [2.05, 4.69) is 36.3 Å². The molecule has 0 saturated carbocycles. The Morgan fingerprint density at radius 3 is 2.79 bits per heavy atom. The van der Waals surface area contributed by atoms with Crippen LogP contribution in [0.15, 0.2) is 4.99 Å². The molecular weight excluding hydrogens is 236 g/mol. The van der Waals surface area contributed by atoms with Crippen LogP contribution in [0.2, 0.25) is 0 Å². The lowest BCUT2D eigenvalue weighted by Crippen LogP contribution is -2.40. The van der Waals surface area contributed by atoms with Gasteiger partial charge in [0.1, 0.15) is 0 Å². The number of hydrogen-bond donors (Lipinski definition) is 2. The van der Waals surface area contributed by atoms with Gasteiger partial charge in [0.05, 0.1) is 0 Å². The molecule has 1 unspecified atom stereocenters. The van der Waals surface area contributed by atoms with Crippen LogP contribution in [0.4, 0.5) is 0 Å². The van der Waals surface area contributed by atoms with Crippen molar-refractivity contribution in [1.82, 2.24) is 15.5 Å². The van der Waals surface area contributed by atoms with Gasteiger partial charge in [-0.3, -0.25) is 4.99 Å². The van der Waals surface area contributed by atoms with Gasteiger partial charge in [-0.25, -0.2) is 0 Å². The molecular formula is C15H32N4. The summed E-state index contributed by atoms with van der Waals surface area (Å²) in [5, 5.41) is 6.74. The minimum Gasteiger partial charge on any atom is -0.357 e. The average Bonchev–Trinajstić information content (AvgIpc) is 2.45. The van der Waals surface area contributed by atoms with Gasteiger partial charge in [-0.05, 0) is 45.2 Å². The monoisotopic (exact) mass is 268 g/mol. The highest BCUT2D eigenvalue weighted by Crippen LogP contribution is 2.16. The molecule has 0 amide bonds. The molecule has 1 saturated heterocycles. The summed E-state index contributed by atoms with van der Waals surface area (Å²) in [5.74, 6) is 1.72. The topological polar surface area (TPSA) is 39.7 Å². The van der Waals surface area contributed by atoms with E-state index in [4.69, 9.17) is 4.99 Å². The fraction of sp³-hybridized carbons (Fsp3) is 0.933. The number of unbranched alkanes of at least 4 members (excludes halogenated alkanes) is 1. The molecule has 0 aromatic rings. The lowest BCUT2D eigenvalue weighted by atomic mass is 9.98. The lowest BCUT2D eigenvalue weighted by molar-refractivity contribution is 0.186. The van der Waals surface area contributed by atoms with Gasteiger partial charge < -0.3 is 15.5 Å². The number of nitrogens with one attached hydrogen (secondary N) is 2. The maximum atomic E-state index is 4.75.